The van der Waals surface area contributed by atoms with Crippen molar-refractivity contribution in [1.29, 1.82) is 0 Å². The highest BCUT2D eigenvalue weighted by Crippen LogP contribution is 2.18. The number of aliphatic carboxylic acids is 1. The Labute approximate surface area is 91.0 Å². The van der Waals surface area contributed by atoms with E-state index in [1.807, 2.05) is 0 Å². The first kappa shape index (κ1) is 10.2. The van der Waals surface area contributed by atoms with Gasteiger partial charge in [0, 0.05) is 11.6 Å². The quantitative estimate of drug-likeness (QED) is 0.804. The minimum absolute atomic E-state index is 0.179. The summed E-state index contributed by atoms with van der Waals surface area (Å²) in [6.45, 7) is -0.179. The average molecular weight is 219 g/mol. The molecule has 0 fully saturated rings. The standard InChI is InChI=1S/C10H9N3O3/c14-10(15)4-11-9-3-8(12-6-13-9)7-1-2-16-5-7/h1-3,5-6H,4H2,(H,14,15)(H,11,12,13). The molecule has 0 saturated carbocycles. The molecule has 82 valence electrons. The van der Waals surface area contributed by atoms with Crippen LogP contribution in [0.4, 0.5) is 5.82 Å². The topological polar surface area (TPSA) is 88.2 Å². The van der Waals surface area contributed by atoms with Gasteiger partial charge in [-0.1, -0.05) is 0 Å². The van der Waals surface area contributed by atoms with Crippen LogP contribution in [0.2, 0.25) is 0 Å². The molecule has 16 heavy (non-hydrogen) atoms. The lowest BCUT2D eigenvalue weighted by Crippen LogP contribution is -2.13. The van der Waals surface area contributed by atoms with Crippen molar-refractivity contribution in [2.45, 2.75) is 0 Å². The van der Waals surface area contributed by atoms with Crippen LogP contribution in [0.1, 0.15) is 0 Å². The van der Waals surface area contributed by atoms with Crippen molar-refractivity contribution in [2.24, 2.45) is 0 Å². The highest BCUT2D eigenvalue weighted by molar-refractivity contribution is 5.72. The molecule has 0 radical (unpaired) electrons. The smallest absolute Gasteiger partial charge is 0.322 e. The van der Waals surface area contributed by atoms with Crippen LogP contribution < -0.4 is 5.32 Å². The van der Waals surface area contributed by atoms with Gasteiger partial charge in [-0.15, -0.1) is 0 Å². The van der Waals surface area contributed by atoms with Crippen molar-refractivity contribution in [1.82, 2.24) is 9.97 Å². The first-order valence-electron chi connectivity index (χ1n) is 4.56. The number of anilines is 1. The van der Waals surface area contributed by atoms with E-state index >= 15 is 0 Å². The number of nitrogens with zero attached hydrogens (tertiary/aromatic N) is 2. The monoisotopic (exact) mass is 219 g/mol. The van der Waals surface area contributed by atoms with Gasteiger partial charge in [0.1, 0.15) is 18.7 Å². The lowest BCUT2D eigenvalue weighted by Gasteiger charge is -2.02. The molecule has 0 spiro atoms. The highest BCUT2D eigenvalue weighted by atomic mass is 16.4. The number of hydrogen-bond acceptors (Lipinski definition) is 5. The molecule has 2 N–H and O–H groups in total. The SMILES string of the molecule is O=C(O)CNc1cc(-c2ccoc2)ncn1. The van der Waals surface area contributed by atoms with Gasteiger partial charge in [0.05, 0.1) is 18.2 Å². The van der Waals surface area contributed by atoms with E-state index < -0.39 is 5.97 Å². The van der Waals surface area contributed by atoms with Crippen LogP contribution in [0.3, 0.4) is 0 Å². The summed E-state index contributed by atoms with van der Waals surface area (Å²) in [4.78, 5) is 18.3. The Morgan fingerprint density at radius 1 is 1.50 bits per heavy atom. The van der Waals surface area contributed by atoms with Crippen LogP contribution >= 0.6 is 0 Å². The predicted octanol–water partition coefficient (Wildman–Crippen LogP) is 1.23. The Bertz CT molecular complexity index is 482. The number of nitrogens with one attached hydrogen (secondary N) is 1. The van der Waals surface area contributed by atoms with Crippen LogP contribution in [0.25, 0.3) is 11.3 Å². The summed E-state index contributed by atoms with van der Waals surface area (Å²) in [5, 5.41) is 11.2. The third-order valence-corrected chi connectivity index (χ3v) is 1.90. The fourth-order valence-electron chi connectivity index (χ4n) is 1.19. The largest absolute Gasteiger partial charge is 0.480 e. The maximum absolute atomic E-state index is 10.4. The zero-order valence-electron chi connectivity index (χ0n) is 8.25. The average Bonchev–Trinajstić information content (AvgIpc) is 2.80. The summed E-state index contributed by atoms with van der Waals surface area (Å²) >= 11 is 0. The van der Waals surface area contributed by atoms with Gasteiger partial charge >= 0.3 is 5.97 Å². The maximum Gasteiger partial charge on any atom is 0.322 e. The number of rotatable bonds is 4. The van der Waals surface area contributed by atoms with Gasteiger partial charge < -0.3 is 14.8 Å². The first-order valence-corrected chi connectivity index (χ1v) is 4.56. The van der Waals surface area contributed by atoms with Crippen molar-refractivity contribution >= 4 is 11.8 Å². The molecule has 0 amide bonds. The molecule has 0 aliphatic rings. The van der Waals surface area contributed by atoms with Gasteiger partial charge in [-0.25, -0.2) is 9.97 Å². The summed E-state index contributed by atoms with van der Waals surface area (Å²) < 4.78 is 4.93. The molecular weight excluding hydrogens is 210 g/mol. The van der Waals surface area contributed by atoms with Crippen molar-refractivity contribution < 1.29 is 14.3 Å². The van der Waals surface area contributed by atoms with Crippen LogP contribution in [-0.2, 0) is 4.79 Å². The summed E-state index contributed by atoms with van der Waals surface area (Å²) in [5.74, 6) is -0.475. The van der Waals surface area contributed by atoms with E-state index in [4.69, 9.17) is 9.52 Å². The van der Waals surface area contributed by atoms with Crippen molar-refractivity contribution in [3.8, 4) is 11.3 Å². The normalized spacial score (nSPS) is 10.0. The summed E-state index contributed by atoms with van der Waals surface area (Å²) in [6, 6.07) is 3.43. The molecule has 2 heterocycles. The Hall–Kier alpha value is -2.37. The number of carboxylic acids is 1. The number of hydrogen-bond donors (Lipinski definition) is 2. The van der Waals surface area contributed by atoms with E-state index in [0.717, 1.165) is 5.56 Å². The van der Waals surface area contributed by atoms with Crippen molar-refractivity contribution in [3.63, 3.8) is 0 Å². The van der Waals surface area contributed by atoms with E-state index in [2.05, 4.69) is 15.3 Å². The molecule has 6 nitrogen and oxygen atoms in total. The lowest BCUT2D eigenvalue weighted by atomic mass is 10.2. The second-order valence-corrected chi connectivity index (χ2v) is 3.05. The van der Waals surface area contributed by atoms with Crippen LogP contribution in [0.15, 0.2) is 35.4 Å². The molecule has 0 aliphatic heterocycles. The molecular formula is C10H9N3O3. The Kier molecular flexibility index (Phi) is 2.81. The Balaban J connectivity index is 2.17. The van der Waals surface area contributed by atoms with E-state index in [0.29, 0.717) is 11.5 Å². The third kappa shape index (κ3) is 2.35. The number of aromatic nitrogens is 2. The molecule has 0 saturated heterocycles. The van der Waals surface area contributed by atoms with Gasteiger partial charge in [0.15, 0.2) is 0 Å². The van der Waals surface area contributed by atoms with Gasteiger partial charge in [0.2, 0.25) is 0 Å². The molecule has 2 rings (SSSR count). The highest BCUT2D eigenvalue weighted by Gasteiger charge is 2.03. The lowest BCUT2D eigenvalue weighted by molar-refractivity contribution is -0.134. The Morgan fingerprint density at radius 3 is 3.06 bits per heavy atom. The number of carboxylic acid groups (broad SMARTS) is 1. The minimum atomic E-state index is -0.941. The fourth-order valence-corrected chi connectivity index (χ4v) is 1.19. The molecule has 6 heteroatoms. The second kappa shape index (κ2) is 4.43. The predicted molar refractivity (Wildman–Crippen MR) is 55.9 cm³/mol. The molecule has 0 aromatic carbocycles. The van der Waals surface area contributed by atoms with Gasteiger partial charge in [0.25, 0.3) is 0 Å². The summed E-state index contributed by atoms with van der Waals surface area (Å²) in [7, 11) is 0. The summed E-state index contributed by atoms with van der Waals surface area (Å²) in [5.41, 5.74) is 1.50. The number of furan rings is 1. The molecule has 2 aromatic rings. The fraction of sp³-hybridized carbons (Fsp3) is 0.100. The minimum Gasteiger partial charge on any atom is -0.480 e. The zero-order chi connectivity index (χ0) is 11.4. The van der Waals surface area contributed by atoms with Gasteiger partial charge in [-0.2, -0.15) is 0 Å². The van der Waals surface area contributed by atoms with Crippen LogP contribution in [0.5, 0.6) is 0 Å². The second-order valence-electron chi connectivity index (χ2n) is 3.05. The Morgan fingerprint density at radius 2 is 2.38 bits per heavy atom. The van der Waals surface area contributed by atoms with E-state index in [-0.39, 0.29) is 6.54 Å². The van der Waals surface area contributed by atoms with E-state index in [1.54, 1.807) is 24.7 Å². The van der Waals surface area contributed by atoms with Crippen molar-refractivity contribution in [3.05, 3.63) is 31.0 Å². The van der Waals surface area contributed by atoms with Crippen LogP contribution in [-0.4, -0.2) is 27.6 Å². The zero-order valence-corrected chi connectivity index (χ0v) is 8.25. The first-order chi connectivity index (χ1) is 7.75. The third-order valence-electron chi connectivity index (χ3n) is 1.90. The molecule has 0 atom stereocenters. The van der Waals surface area contributed by atoms with E-state index in [1.165, 1.54) is 6.33 Å². The van der Waals surface area contributed by atoms with Crippen molar-refractivity contribution in [2.75, 3.05) is 11.9 Å². The summed E-state index contributed by atoms with van der Waals surface area (Å²) in [6.07, 6.45) is 4.47. The molecule has 0 bridgehead atoms. The molecule has 2 aromatic heterocycles. The molecule has 0 aliphatic carbocycles. The van der Waals surface area contributed by atoms with Crippen LogP contribution in [0, 0.1) is 0 Å². The van der Waals surface area contributed by atoms with Gasteiger partial charge in [-0.05, 0) is 6.07 Å². The maximum atomic E-state index is 10.4. The molecule has 0 unspecified atom stereocenters. The van der Waals surface area contributed by atoms with Gasteiger partial charge in [-0.3, -0.25) is 4.79 Å². The van der Waals surface area contributed by atoms with E-state index in [9.17, 15) is 4.79 Å². The number of carbonyl (C=O) groups is 1.